The number of nitrogens with one attached hydrogen (secondary N) is 2. The normalized spacial score (nSPS) is 30.6. The standard InChI is InChI=1S/C29H36N4O5/c34-25-6-4-22-9-12-37-26-13-20(19-7-10-30-11-8-19)3-5-23(26)28(35)32-21-14-24(29(36)31-15-27(25)38-22)33(17-21)16-18-1-2-18/h3,5,7-8,10-11,13,18,21-22,24-25,27,34H,1-2,4,6,9,12,14-17H2,(H,31,36)(H,32,35)/t21-,22-,24-,25-,27+/m0/s1. The van der Waals surface area contributed by atoms with E-state index in [1.54, 1.807) is 12.4 Å². The highest BCUT2D eigenvalue weighted by molar-refractivity contribution is 5.98. The zero-order chi connectivity index (χ0) is 26.1. The summed E-state index contributed by atoms with van der Waals surface area (Å²) >= 11 is 0. The summed E-state index contributed by atoms with van der Waals surface area (Å²) < 4.78 is 12.4. The van der Waals surface area contributed by atoms with E-state index in [0.717, 1.165) is 24.1 Å². The molecular weight excluding hydrogens is 484 g/mol. The van der Waals surface area contributed by atoms with Crippen LogP contribution in [0.4, 0.5) is 0 Å². The summed E-state index contributed by atoms with van der Waals surface area (Å²) in [5, 5.41) is 16.8. The van der Waals surface area contributed by atoms with Gasteiger partial charge < -0.3 is 25.2 Å². The lowest BCUT2D eigenvalue weighted by atomic mass is 9.99. The Hall–Kier alpha value is -3.01. The lowest BCUT2D eigenvalue weighted by molar-refractivity contribution is -0.133. The van der Waals surface area contributed by atoms with E-state index in [9.17, 15) is 14.7 Å². The minimum atomic E-state index is -0.604. The van der Waals surface area contributed by atoms with Crippen LogP contribution in [0, 0.1) is 5.92 Å². The topological polar surface area (TPSA) is 113 Å². The number of hydrogen-bond donors (Lipinski definition) is 3. The molecule has 6 rings (SSSR count). The molecule has 1 aromatic carbocycles. The van der Waals surface area contributed by atoms with Crippen molar-refractivity contribution in [2.45, 2.75) is 68.9 Å². The van der Waals surface area contributed by atoms with Gasteiger partial charge in [0, 0.05) is 44.5 Å². The summed E-state index contributed by atoms with van der Waals surface area (Å²) in [6, 6.07) is 9.05. The zero-order valence-electron chi connectivity index (χ0n) is 21.6. The first-order chi connectivity index (χ1) is 18.5. The van der Waals surface area contributed by atoms with E-state index in [1.807, 2.05) is 30.3 Å². The third-order valence-corrected chi connectivity index (χ3v) is 8.23. The number of likely N-dealkylation sites (tertiary alicyclic amines) is 1. The number of hydrogen-bond acceptors (Lipinski definition) is 7. The fourth-order valence-corrected chi connectivity index (χ4v) is 5.90. The lowest BCUT2D eigenvalue weighted by Crippen LogP contribution is -2.50. The minimum Gasteiger partial charge on any atom is -0.493 e. The first-order valence-corrected chi connectivity index (χ1v) is 13.9. The maximum atomic E-state index is 13.5. The van der Waals surface area contributed by atoms with Crippen LogP contribution in [0.1, 0.15) is 48.9 Å². The van der Waals surface area contributed by atoms with Gasteiger partial charge in [0.1, 0.15) is 11.9 Å². The molecule has 3 N–H and O–H groups in total. The van der Waals surface area contributed by atoms with Gasteiger partial charge in [-0.1, -0.05) is 6.07 Å². The molecule has 5 atom stereocenters. The van der Waals surface area contributed by atoms with Crippen molar-refractivity contribution in [1.29, 1.82) is 0 Å². The fourth-order valence-electron chi connectivity index (χ4n) is 5.90. The molecule has 2 aromatic rings. The number of aromatic nitrogens is 1. The molecule has 3 fully saturated rings. The summed E-state index contributed by atoms with van der Waals surface area (Å²) in [7, 11) is 0. The third kappa shape index (κ3) is 5.70. The highest BCUT2D eigenvalue weighted by Gasteiger charge is 2.41. The van der Waals surface area contributed by atoms with Crippen molar-refractivity contribution in [3.63, 3.8) is 0 Å². The molecular formula is C29H36N4O5. The summed E-state index contributed by atoms with van der Waals surface area (Å²) in [5.41, 5.74) is 2.42. The molecule has 9 heteroatoms. The summed E-state index contributed by atoms with van der Waals surface area (Å²) in [6.07, 6.45) is 7.25. The number of pyridine rings is 1. The highest BCUT2D eigenvalue weighted by atomic mass is 16.5. The van der Waals surface area contributed by atoms with Gasteiger partial charge >= 0.3 is 0 Å². The Morgan fingerprint density at radius 1 is 1.03 bits per heavy atom. The molecule has 1 aromatic heterocycles. The molecule has 0 unspecified atom stereocenters. The number of rotatable bonds is 3. The molecule has 9 nitrogen and oxygen atoms in total. The van der Waals surface area contributed by atoms with Gasteiger partial charge in [-0.05, 0) is 73.4 Å². The predicted molar refractivity (Wildman–Crippen MR) is 141 cm³/mol. The fraction of sp³-hybridized carbons (Fsp3) is 0.552. The van der Waals surface area contributed by atoms with Gasteiger partial charge in [0.2, 0.25) is 5.91 Å². The summed E-state index contributed by atoms with van der Waals surface area (Å²) in [6.45, 7) is 2.15. The van der Waals surface area contributed by atoms with Crippen molar-refractivity contribution >= 4 is 11.8 Å². The molecule has 4 bridgehead atoms. The molecule has 2 saturated heterocycles. The number of carbonyl (C=O) groups excluding carboxylic acids is 2. The van der Waals surface area contributed by atoms with Gasteiger partial charge in [0.05, 0.1) is 30.4 Å². The van der Waals surface area contributed by atoms with Gasteiger partial charge in [0.15, 0.2) is 0 Å². The molecule has 0 spiro atoms. The maximum Gasteiger partial charge on any atom is 0.255 e. The monoisotopic (exact) mass is 520 g/mol. The van der Waals surface area contributed by atoms with Crippen molar-refractivity contribution in [3.05, 3.63) is 48.3 Å². The van der Waals surface area contributed by atoms with E-state index in [-0.39, 0.29) is 36.5 Å². The molecule has 1 saturated carbocycles. The van der Waals surface area contributed by atoms with Crippen LogP contribution in [0.2, 0.25) is 0 Å². The van der Waals surface area contributed by atoms with E-state index in [1.165, 1.54) is 12.8 Å². The summed E-state index contributed by atoms with van der Waals surface area (Å²) in [4.78, 5) is 33.1. The lowest BCUT2D eigenvalue weighted by Gasteiger charge is -2.34. The average molecular weight is 521 g/mol. The first kappa shape index (κ1) is 25.3. The van der Waals surface area contributed by atoms with E-state index in [4.69, 9.17) is 9.47 Å². The first-order valence-electron chi connectivity index (χ1n) is 13.9. The zero-order valence-corrected chi connectivity index (χ0v) is 21.6. The molecule has 2 amide bonds. The number of amides is 2. The third-order valence-electron chi connectivity index (χ3n) is 8.23. The summed E-state index contributed by atoms with van der Waals surface area (Å²) in [5.74, 6) is 0.901. The van der Waals surface area contributed by atoms with Gasteiger partial charge in [-0.2, -0.15) is 0 Å². The highest BCUT2D eigenvalue weighted by Crippen LogP contribution is 2.33. The number of fused-ring (bicyclic) bond motifs is 5. The SMILES string of the molecule is O=C1N[C@H]2C[C@@H](C(=O)NC[C@H]3O[C@H](CCOc4cc(-c5ccncc5)ccc41)CC[C@@H]3O)N(CC1CC1)C2. The van der Waals surface area contributed by atoms with E-state index in [0.29, 0.717) is 49.6 Å². The predicted octanol–water partition coefficient (Wildman–Crippen LogP) is 2.14. The van der Waals surface area contributed by atoms with Crippen LogP contribution in [0.15, 0.2) is 42.7 Å². The second-order valence-corrected chi connectivity index (χ2v) is 11.1. The van der Waals surface area contributed by atoms with Crippen LogP contribution in [-0.2, 0) is 9.53 Å². The number of aliphatic hydroxyl groups is 1. The number of ether oxygens (including phenoxy) is 2. The Kier molecular flexibility index (Phi) is 7.32. The van der Waals surface area contributed by atoms with E-state index in [2.05, 4.69) is 20.5 Å². The largest absolute Gasteiger partial charge is 0.493 e. The van der Waals surface area contributed by atoms with Crippen molar-refractivity contribution < 1.29 is 24.2 Å². The van der Waals surface area contributed by atoms with E-state index < -0.39 is 12.2 Å². The van der Waals surface area contributed by atoms with Crippen LogP contribution >= 0.6 is 0 Å². The van der Waals surface area contributed by atoms with Crippen LogP contribution in [-0.4, -0.2) is 83.4 Å². The number of nitrogens with zero attached hydrogens (tertiary/aromatic N) is 2. The van der Waals surface area contributed by atoms with Gasteiger partial charge in [-0.25, -0.2) is 0 Å². The van der Waals surface area contributed by atoms with Gasteiger partial charge in [-0.3, -0.25) is 19.5 Å². The Bertz CT molecular complexity index is 1160. The average Bonchev–Trinajstić information content (AvgIpc) is 3.66. The Labute approximate surface area is 222 Å². The number of carbonyl (C=O) groups is 2. The second-order valence-electron chi connectivity index (χ2n) is 11.1. The number of benzene rings is 1. The molecule has 38 heavy (non-hydrogen) atoms. The van der Waals surface area contributed by atoms with Crippen molar-refractivity contribution in [3.8, 4) is 16.9 Å². The van der Waals surface area contributed by atoms with Crippen LogP contribution in [0.5, 0.6) is 5.75 Å². The second kappa shape index (κ2) is 11.0. The van der Waals surface area contributed by atoms with Gasteiger partial charge in [-0.15, -0.1) is 0 Å². The molecule has 4 aliphatic rings. The molecule has 0 radical (unpaired) electrons. The minimum absolute atomic E-state index is 0.0573. The van der Waals surface area contributed by atoms with Crippen molar-refractivity contribution in [2.75, 3.05) is 26.2 Å². The Morgan fingerprint density at radius 2 is 1.87 bits per heavy atom. The van der Waals surface area contributed by atoms with Crippen LogP contribution in [0.25, 0.3) is 11.1 Å². The quantitative estimate of drug-likeness (QED) is 0.568. The van der Waals surface area contributed by atoms with E-state index >= 15 is 0 Å². The molecule has 1 aliphatic carbocycles. The molecule has 3 aliphatic heterocycles. The maximum absolute atomic E-state index is 13.5. The van der Waals surface area contributed by atoms with Crippen LogP contribution in [0.3, 0.4) is 0 Å². The van der Waals surface area contributed by atoms with Gasteiger partial charge in [0.25, 0.3) is 5.91 Å². The molecule has 202 valence electrons. The Morgan fingerprint density at radius 3 is 2.68 bits per heavy atom. The molecule has 4 heterocycles. The number of aliphatic hydroxyl groups excluding tert-OH is 1. The van der Waals surface area contributed by atoms with Crippen molar-refractivity contribution in [2.24, 2.45) is 5.92 Å². The smallest absolute Gasteiger partial charge is 0.255 e. The van der Waals surface area contributed by atoms with Crippen molar-refractivity contribution in [1.82, 2.24) is 20.5 Å². The Balaban J connectivity index is 1.28. The van der Waals surface area contributed by atoms with Crippen LogP contribution < -0.4 is 15.4 Å².